The lowest BCUT2D eigenvalue weighted by atomic mass is 10.1. The first-order valence-electron chi connectivity index (χ1n) is 8.01. The van der Waals surface area contributed by atoms with Crippen LogP contribution in [0.4, 0.5) is 10.1 Å². The van der Waals surface area contributed by atoms with E-state index in [0.29, 0.717) is 25.8 Å². The highest BCUT2D eigenvalue weighted by Gasteiger charge is 2.31. The predicted molar refractivity (Wildman–Crippen MR) is 90.1 cm³/mol. The number of para-hydroxylation sites is 1. The number of hydrogen-bond acceptors (Lipinski definition) is 2. The highest BCUT2D eigenvalue weighted by Crippen LogP contribution is 2.21. The first kappa shape index (κ1) is 16.2. The van der Waals surface area contributed by atoms with Gasteiger partial charge in [-0.2, -0.15) is 0 Å². The third-order valence-corrected chi connectivity index (χ3v) is 4.11. The second kappa shape index (κ2) is 7.25. The fraction of sp³-hybridized carbons (Fsp3) is 0.263. The number of carbonyl (C=O) groups is 2. The Morgan fingerprint density at radius 1 is 1.12 bits per heavy atom. The van der Waals surface area contributed by atoms with Crippen molar-refractivity contribution in [1.29, 1.82) is 0 Å². The molecule has 2 amide bonds. The number of rotatable bonds is 5. The summed E-state index contributed by atoms with van der Waals surface area (Å²) in [7, 11) is 0. The third-order valence-electron chi connectivity index (χ3n) is 4.11. The lowest BCUT2D eigenvalue weighted by Crippen LogP contribution is -2.37. The van der Waals surface area contributed by atoms with Crippen LogP contribution in [0.25, 0.3) is 0 Å². The van der Waals surface area contributed by atoms with Crippen LogP contribution in [-0.4, -0.2) is 24.4 Å². The average Bonchev–Trinajstić information content (AvgIpc) is 2.95. The van der Waals surface area contributed by atoms with Crippen molar-refractivity contribution in [3.63, 3.8) is 0 Å². The van der Waals surface area contributed by atoms with Crippen molar-refractivity contribution in [3.8, 4) is 0 Å². The maximum absolute atomic E-state index is 12.9. The van der Waals surface area contributed by atoms with Crippen LogP contribution < -0.4 is 10.2 Å². The minimum Gasteiger partial charge on any atom is -0.351 e. The van der Waals surface area contributed by atoms with Crippen molar-refractivity contribution in [2.75, 3.05) is 11.4 Å². The van der Waals surface area contributed by atoms with E-state index >= 15 is 0 Å². The minimum absolute atomic E-state index is 0.0186. The minimum atomic E-state index is -0.284. The van der Waals surface area contributed by atoms with Crippen LogP contribution in [0, 0.1) is 5.82 Å². The molecule has 0 radical (unpaired) electrons. The molecule has 0 aromatic heterocycles. The molecule has 0 aliphatic carbocycles. The number of nitrogens with one attached hydrogen (secondary N) is 1. The molecule has 1 saturated heterocycles. The monoisotopic (exact) mass is 326 g/mol. The van der Waals surface area contributed by atoms with Gasteiger partial charge in [0.05, 0.1) is 6.04 Å². The molecular weight excluding hydrogens is 307 g/mol. The fourth-order valence-corrected chi connectivity index (χ4v) is 2.87. The summed E-state index contributed by atoms with van der Waals surface area (Å²) in [5.41, 5.74) is 1.77. The van der Waals surface area contributed by atoms with Gasteiger partial charge in [-0.15, -0.1) is 0 Å². The maximum atomic E-state index is 12.9. The summed E-state index contributed by atoms with van der Waals surface area (Å²) in [5.74, 6) is -0.356. The Morgan fingerprint density at radius 3 is 2.54 bits per heavy atom. The number of halogens is 1. The summed E-state index contributed by atoms with van der Waals surface area (Å²) >= 11 is 0. The van der Waals surface area contributed by atoms with Crippen LogP contribution in [0.2, 0.25) is 0 Å². The van der Waals surface area contributed by atoms with E-state index in [1.807, 2.05) is 30.3 Å². The summed E-state index contributed by atoms with van der Waals surface area (Å²) in [6, 6.07) is 15.4. The number of anilines is 1. The van der Waals surface area contributed by atoms with Gasteiger partial charge in [-0.1, -0.05) is 30.3 Å². The van der Waals surface area contributed by atoms with Gasteiger partial charge in [-0.3, -0.25) is 9.59 Å². The SMILES string of the molecule is O=C(CCc1ccc(F)cc1)NC1CC(=O)N(c2ccccc2)C1. The van der Waals surface area contributed by atoms with Crippen molar-refractivity contribution >= 4 is 17.5 Å². The highest BCUT2D eigenvalue weighted by molar-refractivity contribution is 5.96. The smallest absolute Gasteiger partial charge is 0.229 e. The summed E-state index contributed by atoms with van der Waals surface area (Å²) in [6.07, 6.45) is 1.19. The molecule has 0 bridgehead atoms. The van der Waals surface area contributed by atoms with Gasteiger partial charge in [0, 0.05) is 25.1 Å². The number of nitrogens with zero attached hydrogens (tertiary/aromatic N) is 1. The van der Waals surface area contributed by atoms with E-state index in [1.165, 1.54) is 12.1 Å². The normalized spacial score (nSPS) is 17.1. The Labute approximate surface area is 140 Å². The number of benzene rings is 2. The largest absolute Gasteiger partial charge is 0.351 e. The standard InChI is InChI=1S/C19H19FN2O2/c20-15-9-6-14(7-10-15)8-11-18(23)21-16-12-19(24)22(13-16)17-4-2-1-3-5-17/h1-7,9-10,16H,8,11-13H2,(H,21,23). The molecule has 4 nitrogen and oxygen atoms in total. The second-order valence-electron chi connectivity index (χ2n) is 5.93. The summed E-state index contributed by atoms with van der Waals surface area (Å²) < 4.78 is 12.9. The van der Waals surface area contributed by atoms with Crippen LogP contribution >= 0.6 is 0 Å². The van der Waals surface area contributed by atoms with Gasteiger partial charge in [0.1, 0.15) is 5.82 Å². The van der Waals surface area contributed by atoms with Gasteiger partial charge in [0.15, 0.2) is 0 Å². The molecule has 1 heterocycles. The molecule has 1 unspecified atom stereocenters. The van der Waals surface area contributed by atoms with E-state index in [9.17, 15) is 14.0 Å². The van der Waals surface area contributed by atoms with Gasteiger partial charge in [0.2, 0.25) is 11.8 Å². The van der Waals surface area contributed by atoms with E-state index < -0.39 is 0 Å². The summed E-state index contributed by atoms with van der Waals surface area (Å²) in [4.78, 5) is 25.9. The molecule has 1 aliphatic rings. The zero-order chi connectivity index (χ0) is 16.9. The van der Waals surface area contributed by atoms with E-state index in [2.05, 4.69) is 5.32 Å². The first-order valence-corrected chi connectivity index (χ1v) is 8.01. The van der Waals surface area contributed by atoms with Gasteiger partial charge in [0.25, 0.3) is 0 Å². The van der Waals surface area contributed by atoms with E-state index in [4.69, 9.17) is 0 Å². The Morgan fingerprint density at radius 2 is 1.83 bits per heavy atom. The van der Waals surface area contributed by atoms with Crippen molar-refractivity contribution in [2.45, 2.75) is 25.3 Å². The molecular formula is C19H19FN2O2. The Hall–Kier alpha value is -2.69. The van der Waals surface area contributed by atoms with E-state index in [1.54, 1.807) is 17.0 Å². The van der Waals surface area contributed by atoms with Crippen molar-refractivity contribution in [3.05, 3.63) is 66.0 Å². The molecule has 2 aromatic carbocycles. The van der Waals surface area contributed by atoms with Gasteiger partial charge >= 0.3 is 0 Å². The van der Waals surface area contributed by atoms with Crippen LogP contribution in [0.15, 0.2) is 54.6 Å². The van der Waals surface area contributed by atoms with E-state index in [-0.39, 0.29) is 23.7 Å². The van der Waals surface area contributed by atoms with Crippen molar-refractivity contribution in [1.82, 2.24) is 5.32 Å². The van der Waals surface area contributed by atoms with Crippen molar-refractivity contribution in [2.24, 2.45) is 0 Å². The second-order valence-corrected chi connectivity index (χ2v) is 5.93. The maximum Gasteiger partial charge on any atom is 0.229 e. The zero-order valence-corrected chi connectivity index (χ0v) is 13.2. The predicted octanol–water partition coefficient (Wildman–Crippen LogP) is 2.68. The Kier molecular flexibility index (Phi) is 4.89. The lowest BCUT2D eigenvalue weighted by molar-refractivity contribution is -0.121. The average molecular weight is 326 g/mol. The summed E-state index contributed by atoms with van der Waals surface area (Å²) in [5, 5.41) is 2.92. The Balaban J connectivity index is 1.50. The fourth-order valence-electron chi connectivity index (χ4n) is 2.87. The number of aryl methyl sites for hydroxylation is 1. The highest BCUT2D eigenvalue weighted by atomic mass is 19.1. The molecule has 124 valence electrons. The first-order chi connectivity index (χ1) is 11.6. The molecule has 0 spiro atoms. The molecule has 1 atom stereocenters. The van der Waals surface area contributed by atoms with Gasteiger partial charge in [-0.25, -0.2) is 4.39 Å². The quantitative estimate of drug-likeness (QED) is 0.918. The molecule has 0 saturated carbocycles. The molecule has 24 heavy (non-hydrogen) atoms. The number of hydrogen-bond donors (Lipinski definition) is 1. The third kappa shape index (κ3) is 3.98. The lowest BCUT2D eigenvalue weighted by Gasteiger charge is -2.17. The molecule has 1 N–H and O–H groups in total. The van der Waals surface area contributed by atoms with Crippen LogP contribution in [-0.2, 0) is 16.0 Å². The molecule has 2 aromatic rings. The zero-order valence-electron chi connectivity index (χ0n) is 13.2. The molecule has 1 fully saturated rings. The topological polar surface area (TPSA) is 49.4 Å². The van der Waals surface area contributed by atoms with E-state index in [0.717, 1.165) is 11.3 Å². The molecule has 3 rings (SSSR count). The number of carbonyl (C=O) groups excluding carboxylic acids is 2. The van der Waals surface area contributed by atoms with Crippen LogP contribution in [0.1, 0.15) is 18.4 Å². The van der Waals surface area contributed by atoms with Crippen LogP contribution in [0.3, 0.4) is 0 Å². The van der Waals surface area contributed by atoms with Gasteiger partial charge < -0.3 is 10.2 Å². The summed E-state index contributed by atoms with van der Waals surface area (Å²) in [6.45, 7) is 0.491. The van der Waals surface area contributed by atoms with Gasteiger partial charge in [-0.05, 0) is 36.2 Å². The molecule has 1 aliphatic heterocycles. The van der Waals surface area contributed by atoms with Crippen LogP contribution in [0.5, 0.6) is 0 Å². The number of amides is 2. The molecule has 5 heteroatoms. The van der Waals surface area contributed by atoms with Crippen molar-refractivity contribution < 1.29 is 14.0 Å². The Bertz CT molecular complexity index is 716.